The van der Waals surface area contributed by atoms with Crippen LogP contribution < -0.4 is 4.90 Å². The molecule has 33 heavy (non-hydrogen) atoms. The topological polar surface area (TPSA) is 95.0 Å². The van der Waals surface area contributed by atoms with Crippen LogP contribution in [0, 0.1) is 6.92 Å². The Kier molecular flexibility index (Phi) is 4.32. The second kappa shape index (κ2) is 7.00. The molecule has 0 saturated carbocycles. The molecular weight excluding hydrogens is 420 g/mol. The first-order valence-corrected chi connectivity index (χ1v) is 10.2. The van der Waals surface area contributed by atoms with E-state index >= 15 is 0 Å². The molecule has 0 bridgehead atoms. The van der Waals surface area contributed by atoms with Gasteiger partial charge in [0.15, 0.2) is 5.78 Å². The van der Waals surface area contributed by atoms with Crippen molar-refractivity contribution < 1.29 is 24.3 Å². The van der Waals surface area contributed by atoms with E-state index in [-0.39, 0.29) is 39.5 Å². The van der Waals surface area contributed by atoms with Gasteiger partial charge in [0, 0.05) is 29.4 Å². The summed E-state index contributed by atoms with van der Waals surface area (Å²) in [7, 11) is 1.57. The molecular formula is C26H18N2O5. The number of phenols is 1. The minimum absolute atomic E-state index is 0.0562. The van der Waals surface area contributed by atoms with Crippen LogP contribution in [0.25, 0.3) is 5.70 Å². The Morgan fingerprint density at radius 3 is 2.24 bits per heavy atom. The lowest BCUT2D eigenvalue weighted by molar-refractivity contribution is 0.0872. The quantitative estimate of drug-likeness (QED) is 0.496. The number of anilines is 1. The first-order valence-electron chi connectivity index (χ1n) is 10.2. The Hall–Kier alpha value is -4.52. The largest absolute Gasteiger partial charge is 0.507 e. The fourth-order valence-corrected chi connectivity index (χ4v) is 4.34. The normalized spacial score (nSPS) is 14.7. The molecule has 3 aromatic carbocycles. The van der Waals surface area contributed by atoms with Crippen LogP contribution in [0.5, 0.6) is 5.75 Å². The zero-order valence-corrected chi connectivity index (χ0v) is 17.9. The average Bonchev–Trinajstić information content (AvgIpc) is 3.20. The van der Waals surface area contributed by atoms with Gasteiger partial charge in [0.25, 0.3) is 17.7 Å². The van der Waals surface area contributed by atoms with E-state index in [9.17, 15) is 24.3 Å². The van der Waals surface area contributed by atoms with Crippen LogP contribution >= 0.6 is 0 Å². The lowest BCUT2D eigenvalue weighted by atomic mass is 9.92. The van der Waals surface area contributed by atoms with Gasteiger partial charge in [-0.05, 0) is 37.3 Å². The lowest BCUT2D eigenvalue weighted by Crippen LogP contribution is -2.29. The van der Waals surface area contributed by atoms with Gasteiger partial charge < -0.3 is 10.0 Å². The highest BCUT2D eigenvalue weighted by Crippen LogP contribution is 2.39. The van der Waals surface area contributed by atoms with Crippen molar-refractivity contribution in [3.8, 4) is 5.75 Å². The van der Waals surface area contributed by atoms with Gasteiger partial charge in [-0.25, -0.2) is 4.90 Å². The maximum Gasteiger partial charge on any atom is 0.266 e. The molecule has 2 heterocycles. The summed E-state index contributed by atoms with van der Waals surface area (Å²) in [5.41, 5.74) is 2.42. The molecule has 0 aromatic heterocycles. The summed E-state index contributed by atoms with van der Waals surface area (Å²) in [4.78, 5) is 54.1. The number of hydrogen-bond donors (Lipinski definition) is 1. The van der Waals surface area contributed by atoms with Crippen molar-refractivity contribution in [1.29, 1.82) is 0 Å². The number of ketones is 1. The fourth-order valence-electron chi connectivity index (χ4n) is 4.34. The van der Waals surface area contributed by atoms with Crippen molar-refractivity contribution in [3.05, 3.63) is 100 Å². The lowest BCUT2D eigenvalue weighted by Gasteiger charge is -2.13. The Labute approximate surface area is 189 Å². The second-order valence-electron chi connectivity index (χ2n) is 8.00. The summed E-state index contributed by atoms with van der Waals surface area (Å²) in [6, 6.07) is 14.1. The number of imide groups is 1. The number of para-hydroxylation sites is 1. The summed E-state index contributed by atoms with van der Waals surface area (Å²) in [6.07, 6.45) is 0. The Morgan fingerprint density at radius 2 is 1.55 bits per heavy atom. The molecule has 3 amide bonds. The third-order valence-electron chi connectivity index (χ3n) is 6.18. The van der Waals surface area contributed by atoms with E-state index in [2.05, 4.69) is 6.58 Å². The van der Waals surface area contributed by atoms with Gasteiger partial charge in [-0.15, -0.1) is 0 Å². The van der Waals surface area contributed by atoms with Crippen LogP contribution in [0.4, 0.5) is 5.69 Å². The minimum Gasteiger partial charge on any atom is -0.507 e. The van der Waals surface area contributed by atoms with Gasteiger partial charge in [0.1, 0.15) is 5.75 Å². The van der Waals surface area contributed by atoms with E-state index in [4.69, 9.17) is 0 Å². The zero-order chi connectivity index (χ0) is 23.6. The third-order valence-corrected chi connectivity index (χ3v) is 6.18. The number of fused-ring (bicyclic) bond motifs is 2. The Balaban J connectivity index is 1.57. The fraction of sp³-hybridized carbons (Fsp3) is 0.0769. The van der Waals surface area contributed by atoms with Crippen LogP contribution in [0.3, 0.4) is 0 Å². The first kappa shape index (κ1) is 20.4. The molecule has 0 radical (unpaired) electrons. The molecule has 0 aliphatic carbocycles. The van der Waals surface area contributed by atoms with Gasteiger partial charge >= 0.3 is 0 Å². The molecule has 2 aliphatic rings. The smallest absolute Gasteiger partial charge is 0.266 e. The highest BCUT2D eigenvalue weighted by Gasteiger charge is 2.38. The van der Waals surface area contributed by atoms with Crippen molar-refractivity contribution in [2.24, 2.45) is 0 Å². The maximum absolute atomic E-state index is 13.3. The summed E-state index contributed by atoms with van der Waals surface area (Å²) >= 11 is 0. The van der Waals surface area contributed by atoms with Crippen molar-refractivity contribution in [2.75, 3.05) is 11.9 Å². The number of phenolic OH excluding ortho intramolecular Hbond substituents is 1. The molecule has 0 saturated heterocycles. The van der Waals surface area contributed by atoms with Crippen LogP contribution in [0.2, 0.25) is 0 Å². The van der Waals surface area contributed by atoms with Crippen molar-refractivity contribution in [2.45, 2.75) is 6.92 Å². The van der Waals surface area contributed by atoms with Gasteiger partial charge in [0.05, 0.1) is 27.9 Å². The van der Waals surface area contributed by atoms with E-state index in [0.29, 0.717) is 22.5 Å². The second-order valence-corrected chi connectivity index (χ2v) is 8.00. The molecule has 5 rings (SSSR count). The number of nitrogens with zero attached hydrogens (tertiary/aromatic N) is 2. The molecule has 7 heteroatoms. The highest BCUT2D eigenvalue weighted by atomic mass is 16.3. The number of carbonyl (C=O) groups is 4. The molecule has 0 atom stereocenters. The van der Waals surface area contributed by atoms with E-state index in [1.54, 1.807) is 44.3 Å². The summed E-state index contributed by atoms with van der Waals surface area (Å²) in [5, 5.41) is 10.7. The number of amides is 3. The van der Waals surface area contributed by atoms with E-state index in [1.165, 1.54) is 29.2 Å². The number of aromatic hydroxyl groups is 1. The Morgan fingerprint density at radius 1 is 0.879 bits per heavy atom. The molecule has 2 aliphatic heterocycles. The van der Waals surface area contributed by atoms with Crippen LogP contribution in [0.15, 0.2) is 61.2 Å². The van der Waals surface area contributed by atoms with Gasteiger partial charge in [-0.3, -0.25) is 19.2 Å². The van der Waals surface area contributed by atoms with Crippen molar-refractivity contribution in [1.82, 2.24) is 4.90 Å². The van der Waals surface area contributed by atoms with Gasteiger partial charge in [0.2, 0.25) is 0 Å². The standard InChI is InChI=1S/C26H18N2O5/c1-13-21-14(2)27(3)24(31)19(21)12-20(22(13)29)23(30)15-9-10-17-18(11-15)26(33)28(25(17)32)16-7-5-4-6-8-16/h4-12,29H,2H2,1,3H3. The van der Waals surface area contributed by atoms with E-state index in [0.717, 1.165) is 4.90 Å². The van der Waals surface area contributed by atoms with Crippen LogP contribution in [0.1, 0.15) is 58.1 Å². The number of rotatable bonds is 3. The molecule has 162 valence electrons. The third kappa shape index (κ3) is 2.75. The molecule has 0 unspecified atom stereocenters. The summed E-state index contributed by atoms with van der Waals surface area (Å²) < 4.78 is 0. The number of carbonyl (C=O) groups excluding carboxylic acids is 4. The highest BCUT2D eigenvalue weighted by molar-refractivity contribution is 6.35. The maximum atomic E-state index is 13.3. The summed E-state index contributed by atoms with van der Waals surface area (Å²) in [6.45, 7) is 5.50. The summed E-state index contributed by atoms with van der Waals surface area (Å²) in [5.74, 6) is -2.13. The molecule has 0 fully saturated rings. The average molecular weight is 438 g/mol. The van der Waals surface area contributed by atoms with E-state index in [1.807, 2.05) is 0 Å². The minimum atomic E-state index is -0.562. The predicted octanol–water partition coefficient (Wildman–Crippen LogP) is 3.79. The first-order chi connectivity index (χ1) is 15.7. The number of benzene rings is 3. The van der Waals surface area contributed by atoms with Crippen molar-refractivity contribution >= 4 is 34.9 Å². The zero-order valence-electron chi connectivity index (χ0n) is 17.9. The predicted molar refractivity (Wildman–Crippen MR) is 121 cm³/mol. The monoisotopic (exact) mass is 438 g/mol. The van der Waals surface area contributed by atoms with E-state index < -0.39 is 17.6 Å². The van der Waals surface area contributed by atoms with Crippen LogP contribution in [-0.2, 0) is 0 Å². The SMILES string of the molecule is C=C1c2c(cc(C(=O)c3ccc4c(c3)C(=O)N(c3ccccc3)C4=O)c(O)c2C)C(=O)N1C. The molecule has 0 spiro atoms. The molecule has 7 nitrogen and oxygen atoms in total. The molecule has 3 aromatic rings. The van der Waals surface area contributed by atoms with Gasteiger partial charge in [-0.1, -0.05) is 30.8 Å². The van der Waals surface area contributed by atoms with Crippen molar-refractivity contribution in [3.63, 3.8) is 0 Å². The molecule has 1 N–H and O–H groups in total. The Bertz CT molecular complexity index is 1440. The number of hydrogen-bond acceptors (Lipinski definition) is 5. The van der Waals surface area contributed by atoms with Crippen LogP contribution in [-0.4, -0.2) is 40.6 Å². The van der Waals surface area contributed by atoms with Gasteiger partial charge in [-0.2, -0.15) is 0 Å².